The van der Waals surface area contributed by atoms with Gasteiger partial charge in [0.05, 0.1) is 19.6 Å². The number of likely N-dealkylation sites (N-methyl/N-ethyl adjacent to an activating group) is 1. The molecule has 98 valence electrons. The second kappa shape index (κ2) is 8.48. The number of hydrogen-bond donors (Lipinski definition) is 4. The van der Waals surface area contributed by atoms with E-state index in [-0.39, 0.29) is 32.1 Å². The van der Waals surface area contributed by atoms with E-state index in [2.05, 4.69) is 10.6 Å². The third-order valence-electron chi connectivity index (χ3n) is 1.89. The van der Waals surface area contributed by atoms with Gasteiger partial charge in [-0.3, -0.25) is 19.3 Å². The number of nitrogens with one attached hydrogen (secondary N) is 2. The Kier molecular flexibility index (Phi) is 7.65. The number of carboxylic acids is 2. The van der Waals surface area contributed by atoms with Gasteiger partial charge in [-0.2, -0.15) is 0 Å². The minimum atomic E-state index is -1.04. The molecule has 1 amide bonds. The lowest BCUT2D eigenvalue weighted by Crippen LogP contribution is -2.42. The summed E-state index contributed by atoms with van der Waals surface area (Å²) in [6, 6.07) is 0. The first-order valence-electron chi connectivity index (χ1n) is 5.03. The summed E-state index contributed by atoms with van der Waals surface area (Å²) in [6.07, 6.45) is 0. The highest BCUT2D eigenvalue weighted by Gasteiger charge is 2.12. The standard InChI is InChI=1S/C9H17N3O5/c1-10-7(13)5-12(6-9(16)17)3-2-11-4-8(14)15/h11H,2-6H2,1H3,(H,10,13)(H,14,15)(H,16,17). The molecular formula is C9H17N3O5. The summed E-state index contributed by atoms with van der Waals surface area (Å²) >= 11 is 0. The monoisotopic (exact) mass is 247 g/mol. The van der Waals surface area contributed by atoms with E-state index < -0.39 is 11.9 Å². The first kappa shape index (κ1) is 15.3. The molecule has 8 heteroatoms. The van der Waals surface area contributed by atoms with Crippen LogP contribution in [-0.2, 0) is 14.4 Å². The Morgan fingerprint density at radius 1 is 1.12 bits per heavy atom. The van der Waals surface area contributed by atoms with Crippen LogP contribution in [0.25, 0.3) is 0 Å². The molecule has 0 radical (unpaired) electrons. The Labute approximate surface area is 98.6 Å². The van der Waals surface area contributed by atoms with Crippen LogP contribution in [0.1, 0.15) is 0 Å². The van der Waals surface area contributed by atoms with Gasteiger partial charge in [-0.05, 0) is 0 Å². The molecule has 0 heterocycles. The molecule has 0 saturated carbocycles. The van der Waals surface area contributed by atoms with Crippen molar-refractivity contribution in [1.29, 1.82) is 0 Å². The summed E-state index contributed by atoms with van der Waals surface area (Å²) < 4.78 is 0. The van der Waals surface area contributed by atoms with Crippen LogP contribution in [0.15, 0.2) is 0 Å². The predicted octanol–water partition coefficient (Wildman–Crippen LogP) is -2.21. The Hall–Kier alpha value is -1.67. The Morgan fingerprint density at radius 2 is 1.76 bits per heavy atom. The van der Waals surface area contributed by atoms with Crippen LogP contribution in [-0.4, -0.2) is 72.7 Å². The number of nitrogens with zero attached hydrogens (tertiary/aromatic N) is 1. The quantitative estimate of drug-likeness (QED) is 0.341. The maximum Gasteiger partial charge on any atom is 0.317 e. The highest BCUT2D eigenvalue weighted by molar-refractivity contribution is 5.78. The molecule has 0 aromatic rings. The van der Waals surface area contributed by atoms with Crippen LogP contribution >= 0.6 is 0 Å². The SMILES string of the molecule is CNC(=O)CN(CCNCC(=O)O)CC(=O)O. The van der Waals surface area contributed by atoms with Gasteiger partial charge >= 0.3 is 11.9 Å². The molecule has 0 rings (SSSR count). The van der Waals surface area contributed by atoms with Crippen molar-refractivity contribution < 1.29 is 24.6 Å². The molecule has 0 aromatic heterocycles. The minimum absolute atomic E-state index is 0.0302. The van der Waals surface area contributed by atoms with Gasteiger partial charge in [0.15, 0.2) is 0 Å². The number of carbonyl (C=O) groups excluding carboxylic acids is 1. The molecule has 0 aliphatic rings. The molecule has 4 N–H and O–H groups in total. The molecule has 0 bridgehead atoms. The third-order valence-corrected chi connectivity index (χ3v) is 1.89. The van der Waals surface area contributed by atoms with E-state index in [0.29, 0.717) is 6.54 Å². The fourth-order valence-electron chi connectivity index (χ4n) is 1.12. The van der Waals surface area contributed by atoms with Gasteiger partial charge < -0.3 is 20.8 Å². The second-order valence-corrected chi connectivity index (χ2v) is 3.35. The topological polar surface area (TPSA) is 119 Å². The minimum Gasteiger partial charge on any atom is -0.480 e. The summed E-state index contributed by atoms with van der Waals surface area (Å²) in [4.78, 5) is 33.2. The largest absolute Gasteiger partial charge is 0.480 e. The Morgan fingerprint density at radius 3 is 2.24 bits per heavy atom. The zero-order valence-electron chi connectivity index (χ0n) is 9.60. The number of carbonyl (C=O) groups is 3. The lowest BCUT2D eigenvalue weighted by molar-refractivity contribution is -0.139. The molecule has 0 saturated heterocycles. The maximum atomic E-state index is 11.1. The van der Waals surface area contributed by atoms with Crippen molar-refractivity contribution in [3.05, 3.63) is 0 Å². The molecule has 0 unspecified atom stereocenters. The average Bonchev–Trinajstić information content (AvgIpc) is 2.22. The molecule has 0 aliphatic carbocycles. The lowest BCUT2D eigenvalue weighted by atomic mass is 10.4. The zero-order valence-corrected chi connectivity index (χ0v) is 9.60. The van der Waals surface area contributed by atoms with E-state index in [4.69, 9.17) is 10.2 Å². The van der Waals surface area contributed by atoms with E-state index in [1.807, 2.05) is 0 Å². The number of rotatable bonds is 9. The Bertz CT molecular complexity index is 282. The number of carboxylic acid groups (broad SMARTS) is 2. The second-order valence-electron chi connectivity index (χ2n) is 3.35. The van der Waals surface area contributed by atoms with Crippen molar-refractivity contribution in [2.75, 3.05) is 39.8 Å². The molecule has 0 aliphatic heterocycles. The van der Waals surface area contributed by atoms with Gasteiger partial charge in [-0.15, -0.1) is 0 Å². The van der Waals surface area contributed by atoms with Crippen LogP contribution in [0, 0.1) is 0 Å². The third kappa shape index (κ3) is 9.27. The smallest absolute Gasteiger partial charge is 0.317 e. The summed E-state index contributed by atoms with van der Waals surface area (Å²) in [5.41, 5.74) is 0. The Balaban J connectivity index is 3.97. The fraction of sp³-hybridized carbons (Fsp3) is 0.667. The highest BCUT2D eigenvalue weighted by atomic mass is 16.4. The molecule has 8 nitrogen and oxygen atoms in total. The average molecular weight is 247 g/mol. The summed E-state index contributed by atoms with van der Waals surface area (Å²) in [6.45, 7) is 0.101. The molecule has 0 spiro atoms. The van der Waals surface area contributed by atoms with Crippen molar-refractivity contribution in [1.82, 2.24) is 15.5 Å². The van der Waals surface area contributed by atoms with Crippen LogP contribution in [0.3, 0.4) is 0 Å². The van der Waals surface area contributed by atoms with Crippen molar-refractivity contribution in [2.45, 2.75) is 0 Å². The van der Waals surface area contributed by atoms with Crippen molar-refractivity contribution >= 4 is 17.8 Å². The van der Waals surface area contributed by atoms with Crippen LogP contribution < -0.4 is 10.6 Å². The molecule has 0 fully saturated rings. The maximum absolute atomic E-state index is 11.1. The van der Waals surface area contributed by atoms with E-state index >= 15 is 0 Å². The van der Waals surface area contributed by atoms with E-state index in [0.717, 1.165) is 0 Å². The molecule has 0 atom stereocenters. The van der Waals surface area contributed by atoms with Crippen LogP contribution in [0.4, 0.5) is 0 Å². The lowest BCUT2D eigenvalue weighted by Gasteiger charge is -2.19. The zero-order chi connectivity index (χ0) is 13.3. The first-order valence-corrected chi connectivity index (χ1v) is 5.03. The molecule has 17 heavy (non-hydrogen) atoms. The van der Waals surface area contributed by atoms with Gasteiger partial charge in [-0.25, -0.2) is 0 Å². The van der Waals surface area contributed by atoms with Gasteiger partial charge in [-0.1, -0.05) is 0 Å². The number of hydrogen-bond acceptors (Lipinski definition) is 5. The van der Waals surface area contributed by atoms with Gasteiger partial charge in [0.25, 0.3) is 0 Å². The van der Waals surface area contributed by atoms with E-state index in [9.17, 15) is 14.4 Å². The van der Waals surface area contributed by atoms with Gasteiger partial charge in [0.2, 0.25) is 5.91 Å². The van der Waals surface area contributed by atoms with Gasteiger partial charge in [0.1, 0.15) is 0 Å². The van der Waals surface area contributed by atoms with Gasteiger partial charge in [0, 0.05) is 20.1 Å². The number of aliphatic carboxylic acids is 2. The van der Waals surface area contributed by atoms with Crippen LogP contribution in [0.5, 0.6) is 0 Å². The van der Waals surface area contributed by atoms with E-state index in [1.165, 1.54) is 11.9 Å². The fourth-order valence-corrected chi connectivity index (χ4v) is 1.12. The predicted molar refractivity (Wildman–Crippen MR) is 58.6 cm³/mol. The first-order chi connectivity index (χ1) is 7.95. The summed E-state index contributed by atoms with van der Waals surface area (Å²) in [5, 5.41) is 22.0. The highest BCUT2D eigenvalue weighted by Crippen LogP contribution is 1.87. The number of amides is 1. The van der Waals surface area contributed by atoms with Crippen molar-refractivity contribution in [3.8, 4) is 0 Å². The van der Waals surface area contributed by atoms with E-state index in [1.54, 1.807) is 0 Å². The summed E-state index contributed by atoms with van der Waals surface area (Å²) in [7, 11) is 1.46. The van der Waals surface area contributed by atoms with Crippen molar-refractivity contribution in [3.63, 3.8) is 0 Å². The summed E-state index contributed by atoms with van der Waals surface area (Å²) in [5.74, 6) is -2.31. The normalized spacial score (nSPS) is 10.2. The van der Waals surface area contributed by atoms with Crippen molar-refractivity contribution in [2.24, 2.45) is 0 Å². The van der Waals surface area contributed by atoms with Crippen LogP contribution in [0.2, 0.25) is 0 Å². The molecule has 0 aromatic carbocycles. The molecular weight excluding hydrogens is 230 g/mol.